The lowest BCUT2D eigenvalue weighted by atomic mass is 9.86. The normalized spacial score (nSPS) is 17.4. The number of hydrogen-bond acceptors (Lipinski definition) is 3. The monoisotopic (exact) mass is 328 g/mol. The van der Waals surface area contributed by atoms with Gasteiger partial charge in [-0.3, -0.25) is 0 Å². The van der Waals surface area contributed by atoms with Crippen LogP contribution in [-0.2, 0) is 19.3 Å². The van der Waals surface area contributed by atoms with Crippen LogP contribution in [0.1, 0.15) is 42.2 Å². The van der Waals surface area contributed by atoms with E-state index in [0.717, 1.165) is 18.7 Å². The Morgan fingerprint density at radius 1 is 1.22 bits per heavy atom. The van der Waals surface area contributed by atoms with Gasteiger partial charge in [0.15, 0.2) is 0 Å². The molecule has 1 heterocycles. The summed E-state index contributed by atoms with van der Waals surface area (Å²) < 4.78 is 0. The molecule has 0 saturated carbocycles. The van der Waals surface area contributed by atoms with Gasteiger partial charge in [-0.1, -0.05) is 25.1 Å². The number of rotatable bonds is 7. The van der Waals surface area contributed by atoms with Crippen molar-refractivity contribution in [3.05, 3.63) is 51.7 Å². The molecule has 2 aromatic rings. The summed E-state index contributed by atoms with van der Waals surface area (Å²) in [5, 5.41) is 2.18. The first kappa shape index (κ1) is 16.5. The molecule has 1 unspecified atom stereocenters. The van der Waals surface area contributed by atoms with Gasteiger partial charge in [0.25, 0.3) is 0 Å². The van der Waals surface area contributed by atoms with E-state index in [9.17, 15) is 0 Å². The second-order valence-electron chi connectivity index (χ2n) is 6.55. The molecule has 23 heavy (non-hydrogen) atoms. The molecule has 3 heteroatoms. The summed E-state index contributed by atoms with van der Waals surface area (Å²) in [5.41, 5.74) is 9.98. The van der Waals surface area contributed by atoms with Crippen LogP contribution in [0, 0.1) is 0 Å². The van der Waals surface area contributed by atoms with E-state index in [1.807, 2.05) is 17.4 Å². The van der Waals surface area contributed by atoms with E-state index in [1.54, 1.807) is 0 Å². The molecule has 2 nitrogen and oxygen atoms in total. The number of anilines is 1. The third kappa shape index (κ3) is 4.15. The van der Waals surface area contributed by atoms with Gasteiger partial charge in [-0.2, -0.15) is 0 Å². The Morgan fingerprint density at radius 3 is 2.91 bits per heavy atom. The Bertz CT molecular complexity index is 606. The molecule has 0 spiro atoms. The summed E-state index contributed by atoms with van der Waals surface area (Å²) in [6.45, 7) is 4.68. The second kappa shape index (κ2) is 7.98. The van der Waals surface area contributed by atoms with Crippen molar-refractivity contribution in [2.75, 3.05) is 18.8 Å². The topological polar surface area (TPSA) is 29.3 Å². The fraction of sp³-hybridized carbons (Fsp3) is 0.500. The molecule has 124 valence electrons. The molecule has 1 aromatic carbocycles. The van der Waals surface area contributed by atoms with Gasteiger partial charge < -0.3 is 10.6 Å². The molecule has 0 bridgehead atoms. The number of benzene rings is 1. The summed E-state index contributed by atoms with van der Waals surface area (Å²) in [6.07, 6.45) is 7.38. The highest BCUT2D eigenvalue weighted by Gasteiger charge is 2.24. The van der Waals surface area contributed by atoms with E-state index < -0.39 is 0 Å². The fourth-order valence-corrected chi connectivity index (χ4v) is 4.55. The van der Waals surface area contributed by atoms with Crippen molar-refractivity contribution in [1.29, 1.82) is 0 Å². The van der Waals surface area contributed by atoms with Crippen molar-refractivity contribution < 1.29 is 0 Å². The maximum absolute atomic E-state index is 6.13. The standard InChI is InChI=1S/C20H28N2S/c1-2-22(13-4-3-8-18-9-6-14-23-18)17-11-12-19-16(15-17)7-5-10-20(19)21/h5-7,9-10,14,17H,2-4,8,11-13,15,21H2,1H3. The van der Waals surface area contributed by atoms with Crippen molar-refractivity contribution in [3.63, 3.8) is 0 Å². The molecule has 2 N–H and O–H groups in total. The Labute approximate surface area is 144 Å². The van der Waals surface area contributed by atoms with Gasteiger partial charge in [-0.05, 0) is 80.3 Å². The van der Waals surface area contributed by atoms with Gasteiger partial charge in [0.1, 0.15) is 0 Å². The molecular weight excluding hydrogens is 300 g/mol. The van der Waals surface area contributed by atoms with Crippen LogP contribution in [0.15, 0.2) is 35.7 Å². The summed E-state index contributed by atoms with van der Waals surface area (Å²) in [5.74, 6) is 0. The summed E-state index contributed by atoms with van der Waals surface area (Å²) in [6, 6.07) is 11.5. The van der Waals surface area contributed by atoms with E-state index in [2.05, 4.69) is 41.5 Å². The molecule has 3 rings (SSSR count). The van der Waals surface area contributed by atoms with Crippen molar-refractivity contribution in [2.45, 2.75) is 51.5 Å². The third-order valence-electron chi connectivity index (χ3n) is 5.11. The van der Waals surface area contributed by atoms with E-state index in [1.165, 1.54) is 54.7 Å². The van der Waals surface area contributed by atoms with Crippen molar-refractivity contribution in [2.24, 2.45) is 0 Å². The van der Waals surface area contributed by atoms with Gasteiger partial charge in [0, 0.05) is 16.6 Å². The van der Waals surface area contributed by atoms with Crippen molar-refractivity contribution >= 4 is 17.0 Å². The van der Waals surface area contributed by atoms with Gasteiger partial charge in [0.05, 0.1) is 0 Å². The lowest BCUT2D eigenvalue weighted by molar-refractivity contribution is 0.185. The van der Waals surface area contributed by atoms with Gasteiger partial charge in [0.2, 0.25) is 0 Å². The first-order valence-corrected chi connectivity index (χ1v) is 9.78. The lowest BCUT2D eigenvalue weighted by Gasteiger charge is -2.35. The highest BCUT2D eigenvalue weighted by atomic mass is 32.1. The largest absolute Gasteiger partial charge is 0.398 e. The molecule has 0 aliphatic heterocycles. The zero-order valence-electron chi connectivity index (χ0n) is 14.1. The lowest BCUT2D eigenvalue weighted by Crippen LogP contribution is -2.40. The summed E-state index contributed by atoms with van der Waals surface area (Å²) in [7, 11) is 0. The predicted molar refractivity (Wildman–Crippen MR) is 101 cm³/mol. The van der Waals surface area contributed by atoms with Gasteiger partial charge in [-0.25, -0.2) is 0 Å². The fourth-order valence-electron chi connectivity index (χ4n) is 3.80. The summed E-state index contributed by atoms with van der Waals surface area (Å²) >= 11 is 1.88. The predicted octanol–water partition coefficient (Wildman–Crippen LogP) is 4.53. The Hall–Kier alpha value is -1.32. The van der Waals surface area contributed by atoms with Crippen LogP contribution < -0.4 is 5.73 Å². The van der Waals surface area contributed by atoms with Crippen molar-refractivity contribution in [1.82, 2.24) is 4.90 Å². The molecule has 1 aromatic heterocycles. The molecule has 1 aliphatic rings. The van der Waals surface area contributed by atoms with E-state index in [4.69, 9.17) is 5.73 Å². The number of unbranched alkanes of at least 4 members (excludes halogenated alkanes) is 1. The van der Waals surface area contributed by atoms with Crippen molar-refractivity contribution in [3.8, 4) is 0 Å². The molecule has 0 radical (unpaired) electrons. The zero-order valence-corrected chi connectivity index (χ0v) is 14.9. The number of nitrogens with zero attached hydrogens (tertiary/aromatic N) is 1. The van der Waals surface area contributed by atoms with Crippen LogP contribution in [0.4, 0.5) is 5.69 Å². The second-order valence-corrected chi connectivity index (χ2v) is 7.58. The number of hydrogen-bond donors (Lipinski definition) is 1. The molecule has 1 atom stereocenters. The quantitative estimate of drug-likeness (QED) is 0.597. The number of nitrogens with two attached hydrogens (primary N) is 1. The Morgan fingerprint density at radius 2 is 2.13 bits per heavy atom. The average Bonchev–Trinajstić information content (AvgIpc) is 3.08. The Kier molecular flexibility index (Phi) is 5.74. The van der Waals surface area contributed by atoms with E-state index >= 15 is 0 Å². The SMILES string of the molecule is CCN(CCCCc1cccs1)C1CCc2c(N)cccc2C1. The van der Waals surface area contributed by atoms with Crippen LogP contribution >= 0.6 is 11.3 Å². The number of fused-ring (bicyclic) bond motifs is 1. The molecular formula is C20H28N2S. The Balaban J connectivity index is 1.50. The third-order valence-corrected chi connectivity index (χ3v) is 6.05. The molecule has 0 saturated heterocycles. The molecule has 0 fully saturated rings. The van der Waals surface area contributed by atoms with Crippen LogP contribution in [0.3, 0.4) is 0 Å². The van der Waals surface area contributed by atoms with Crippen LogP contribution in [-0.4, -0.2) is 24.0 Å². The minimum absolute atomic E-state index is 0.691. The highest BCUT2D eigenvalue weighted by Crippen LogP contribution is 2.28. The number of aryl methyl sites for hydroxylation is 1. The van der Waals surface area contributed by atoms with E-state index in [-0.39, 0.29) is 0 Å². The molecule has 0 amide bonds. The van der Waals surface area contributed by atoms with Crippen LogP contribution in [0.5, 0.6) is 0 Å². The maximum Gasteiger partial charge on any atom is 0.0349 e. The van der Waals surface area contributed by atoms with Gasteiger partial charge >= 0.3 is 0 Å². The van der Waals surface area contributed by atoms with Gasteiger partial charge in [-0.15, -0.1) is 11.3 Å². The minimum atomic E-state index is 0.691. The smallest absolute Gasteiger partial charge is 0.0349 e. The first-order valence-electron chi connectivity index (χ1n) is 8.90. The highest BCUT2D eigenvalue weighted by molar-refractivity contribution is 7.09. The number of nitrogen functional groups attached to an aromatic ring is 1. The minimum Gasteiger partial charge on any atom is -0.398 e. The first-order chi connectivity index (χ1) is 11.3. The summed E-state index contributed by atoms with van der Waals surface area (Å²) in [4.78, 5) is 4.20. The van der Waals surface area contributed by atoms with Crippen LogP contribution in [0.2, 0.25) is 0 Å². The number of thiophene rings is 1. The zero-order chi connectivity index (χ0) is 16.1. The number of likely N-dealkylation sites (N-methyl/N-ethyl adjacent to an activating group) is 1. The maximum atomic E-state index is 6.13. The average molecular weight is 329 g/mol. The van der Waals surface area contributed by atoms with E-state index in [0.29, 0.717) is 6.04 Å². The molecule has 1 aliphatic carbocycles. The van der Waals surface area contributed by atoms with Crippen LogP contribution in [0.25, 0.3) is 0 Å².